The molecule has 0 aliphatic carbocycles. The minimum absolute atomic E-state index is 0.714. The minimum atomic E-state index is -1.07. The van der Waals surface area contributed by atoms with Crippen LogP contribution in [0.15, 0.2) is 0 Å². The Labute approximate surface area is 51.6 Å². The lowest BCUT2D eigenvalue weighted by Gasteiger charge is -2.20. The largest absolute Gasteiger partial charge is 0.234 e. The summed E-state index contributed by atoms with van der Waals surface area (Å²) in [5.41, 5.74) is 0. The van der Waals surface area contributed by atoms with Crippen LogP contribution in [0.3, 0.4) is 0 Å². The van der Waals surface area contributed by atoms with E-state index in [1.165, 1.54) is 0 Å². The highest BCUT2D eigenvalue weighted by Gasteiger charge is 2.17. The summed E-state index contributed by atoms with van der Waals surface area (Å²) in [4.78, 5) is 0. The highest BCUT2D eigenvalue weighted by molar-refractivity contribution is 8.78. The summed E-state index contributed by atoms with van der Waals surface area (Å²) in [5, 5.41) is -1.07. The summed E-state index contributed by atoms with van der Waals surface area (Å²) in [6.07, 6.45) is 1.80. The summed E-state index contributed by atoms with van der Waals surface area (Å²) in [7, 11) is -0.714. The van der Waals surface area contributed by atoms with E-state index in [0.717, 1.165) is 0 Å². The Bertz CT molecular complexity index is 55.2. The summed E-state index contributed by atoms with van der Waals surface area (Å²) in [6.45, 7) is 3.09. The van der Waals surface area contributed by atoms with Crippen molar-refractivity contribution in [1.82, 2.24) is 0 Å². The Kier molecular flexibility index (Phi) is 2.47. The second-order valence-corrected chi connectivity index (χ2v) is 5.84. The molecule has 1 atom stereocenters. The fraction of sp³-hybridized carbons (Fsp3) is 1.00. The first-order valence-corrected chi connectivity index (χ1v) is 5.00. The van der Waals surface area contributed by atoms with Gasteiger partial charge >= 0.3 is 0 Å². The fourth-order valence-electron chi connectivity index (χ4n) is 0. The van der Waals surface area contributed by atoms with Gasteiger partial charge in [0.1, 0.15) is 5.00 Å². The van der Waals surface area contributed by atoms with Crippen molar-refractivity contribution in [3.63, 3.8) is 0 Å². The molecule has 0 aliphatic heterocycles. The van der Waals surface area contributed by atoms with Crippen LogP contribution in [0.2, 0.25) is 0 Å². The molecule has 3 heteroatoms. The molecule has 0 nitrogen and oxygen atoms in total. The van der Waals surface area contributed by atoms with Crippen molar-refractivity contribution in [2.24, 2.45) is 0 Å². The zero-order valence-corrected chi connectivity index (χ0v) is 6.56. The van der Waals surface area contributed by atoms with Crippen molar-refractivity contribution in [3.05, 3.63) is 0 Å². The molecule has 0 saturated carbocycles. The molecule has 0 aliphatic rings. The van der Waals surface area contributed by atoms with Gasteiger partial charge in [0.2, 0.25) is 0 Å². The summed E-state index contributed by atoms with van der Waals surface area (Å²) in [5.74, 6) is 0. The van der Waals surface area contributed by atoms with E-state index in [2.05, 4.69) is 11.7 Å². The first-order chi connectivity index (χ1) is 2.94. The summed E-state index contributed by atoms with van der Waals surface area (Å²) in [6, 6.07) is 0. The van der Waals surface area contributed by atoms with Crippen LogP contribution in [0.1, 0.15) is 13.8 Å². The van der Waals surface area contributed by atoms with E-state index in [9.17, 15) is 4.39 Å². The van der Waals surface area contributed by atoms with Crippen LogP contribution in [0.4, 0.5) is 4.39 Å². The van der Waals surface area contributed by atoms with E-state index in [1.807, 2.05) is 0 Å². The van der Waals surface area contributed by atoms with Gasteiger partial charge in [-0.1, -0.05) is 0 Å². The first-order valence-electron chi connectivity index (χ1n) is 2.06. The third-order valence-corrected chi connectivity index (χ3v) is 3.74. The second kappa shape index (κ2) is 2.27. The van der Waals surface area contributed by atoms with Crippen LogP contribution in [0, 0.1) is 0 Å². The third kappa shape index (κ3) is 3.23. The van der Waals surface area contributed by atoms with Gasteiger partial charge in [0.25, 0.3) is 0 Å². The van der Waals surface area contributed by atoms with Gasteiger partial charge < -0.3 is 0 Å². The monoisotopic (exact) mass is 142 g/mol. The molecule has 0 rings (SSSR count). The molecule has 0 heterocycles. The molecule has 0 aromatic rings. The molecule has 0 aromatic carbocycles. The number of alkyl halides is 1. The van der Waals surface area contributed by atoms with Crippen molar-refractivity contribution in [1.29, 1.82) is 0 Å². The van der Waals surface area contributed by atoms with E-state index >= 15 is 0 Å². The van der Waals surface area contributed by atoms with Gasteiger partial charge in [0.15, 0.2) is 0 Å². The Morgan fingerprint density at radius 2 is 1.71 bits per heavy atom. The van der Waals surface area contributed by atoms with Crippen LogP contribution in [0.5, 0.6) is 0 Å². The predicted molar refractivity (Wildman–Crippen MR) is 39.1 cm³/mol. The standard InChI is InChI=1S/C4H11FS2/c1-4(2,5)7(3)6/h6-7H,1-3H3. The lowest BCUT2D eigenvalue weighted by Crippen LogP contribution is -2.06. The molecule has 0 aromatic heterocycles. The molecular weight excluding hydrogens is 131 g/mol. The lowest BCUT2D eigenvalue weighted by atomic mass is 10.5. The molecule has 0 amide bonds. The smallest absolute Gasteiger partial charge is 0.141 e. The number of rotatable bonds is 1. The molecule has 0 bridgehead atoms. The normalized spacial score (nSPS) is 19.3. The van der Waals surface area contributed by atoms with E-state index in [-0.39, 0.29) is 0 Å². The molecule has 46 valence electrons. The van der Waals surface area contributed by atoms with Crippen LogP contribution in [0.25, 0.3) is 0 Å². The van der Waals surface area contributed by atoms with Gasteiger partial charge in [-0.2, -0.15) is 9.93 Å². The van der Waals surface area contributed by atoms with Crippen molar-refractivity contribution < 1.29 is 4.39 Å². The van der Waals surface area contributed by atoms with Crippen LogP contribution < -0.4 is 0 Å². The Morgan fingerprint density at radius 1 is 1.57 bits per heavy atom. The van der Waals surface area contributed by atoms with E-state index in [1.54, 1.807) is 20.1 Å². The van der Waals surface area contributed by atoms with Gasteiger partial charge in [-0.25, -0.2) is 4.39 Å². The van der Waals surface area contributed by atoms with Crippen LogP contribution in [-0.4, -0.2) is 11.3 Å². The van der Waals surface area contributed by atoms with E-state index in [0.29, 0.717) is 0 Å². The topological polar surface area (TPSA) is 0 Å². The quantitative estimate of drug-likeness (QED) is 0.407. The summed E-state index contributed by atoms with van der Waals surface area (Å²) < 4.78 is 12.5. The lowest BCUT2D eigenvalue weighted by molar-refractivity contribution is 0.346. The molecule has 1 unspecified atom stereocenters. The molecule has 0 spiro atoms. The maximum atomic E-state index is 12.5. The number of hydrogen-bond donors (Lipinski definition) is 2. The molecular formula is C4H11FS2. The van der Waals surface area contributed by atoms with Crippen molar-refractivity contribution in [2.45, 2.75) is 18.8 Å². The highest BCUT2D eigenvalue weighted by Crippen LogP contribution is 2.41. The minimum Gasteiger partial charge on any atom is -0.234 e. The zero-order chi connectivity index (χ0) is 6.08. The van der Waals surface area contributed by atoms with Gasteiger partial charge in [-0.15, -0.1) is 11.7 Å². The van der Waals surface area contributed by atoms with Crippen molar-refractivity contribution in [3.8, 4) is 0 Å². The molecule has 0 radical (unpaired) electrons. The SMILES string of the molecule is C[SH](S)C(C)(C)F. The average molecular weight is 142 g/mol. The number of thiol groups is 2. The zero-order valence-electron chi connectivity index (χ0n) is 4.77. The Hall–Kier alpha value is 0.630. The average Bonchev–Trinajstić information content (AvgIpc) is 1.31. The number of halogens is 1. The van der Waals surface area contributed by atoms with Gasteiger partial charge in [0, 0.05) is 0 Å². The second-order valence-electron chi connectivity index (χ2n) is 1.93. The Balaban J connectivity index is 3.54. The van der Waals surface area contributed by atoms with Crippen molar-refractivity contribution in [2.75, 3.05) is 6.26 Å². The maximum absolute atomic E-state index is 12.5. The molecule has 0 fully saturated rings. The fourth-order valence-corrected chi connectivity index (χ4v) is 0. The van der Waals surface area contributed by atoms with Crippen LogP contribution in [-0.2, 0) is 0 Å². The van der Waals surface area contributed by atoms with Gasteiger partial charge in [0.05, 0.1) is 0 Å². The molecule has 7 heavy (non-hydrogen) atoms. The molecule has 0 N–H and O–H groups in total. The maximum Gasteiger partial charge on any atom is 0.141 e. The van der Waals surface area contributed by atoms with Gasteiger partial charge in [-0.3, -0.25) is 0 Å². The van der Waals surface area contributed by atoms with E-state index < -0.39 is 14.9 Å². The Morgan fingerprint density at radius 3 is 1.71 bits per heavy atom. The predicted octanol–water partition coefficient (Wildman–Crippen LogP) is 2.17. The third-order valence-electron chi connectivity index (χ3n) is 0.770. The van der Waals surface area contributed by atoms with E-state index in [4.69, 9.17) is 0 Å². The number of hydrogen-bond acceptors (Lipinski definition) is 1. The van der Waals surface area contributed by atoms with Crippen molar-refractivity contribution >= 4 is 21.6 Å². The first kappa shape index (κ1) is 7.63. The summed E-state index contributed by atoms with van der Waals surface area (Å²) >= 11 is 3.97. The van der Waals surface area contributed by atoms with Gasteiger partial charge in [-0.05, 0) is 20.1 Å². The molecule has 0 saturated heterocycles. The highest BCUT2D eigenvalue weighted by atomic mass is 33.1. The van der Waals surface area contributed by atoms with Crippen LogP contribution >= 0.6 is 21.6 Å².